The van der Waals surface area contributed by atoms with E-state index in [4.69, 9.17) is 4.74 Å². The minimum atomic E-state index is -4.39. The van der Waals surface area contributed by atoms with Crippen LogP contribution in [0.3, 0.4) is 0 Å². The number of carbonyl (C=O) groups is 1. The van der Waals surface area contributed by atoms with Crippen LogP contribution < -0.4 is 5.32 Å². The molecule has 2 unspecified atom stereocenters. The summed E-state index contributed by atoms with van der Waals surface area (Å²) in [6.07, 6.45) is -4.10. The molecule has 1 aromatic rings. The quantitative estimate of drug-likeness (QED) is 0.850. The third-order valence-corrected chi connectivity index (χ3v) is 3.74. The van der Waals surface area contributed by atoms with Crippen LogP contribution in [-0.2, 0) is 15.7 Å². The van der Waals surface area contributed by atoms with Gasteiger partial charge in [0.25, 0.3) is 0 Å². The average molecular weight is 287 g/mol. The summed E-state index contributed by atoms with van der Waals surface area (Å²) in [4.78, 5) is 11.7. The van der Waals surface area contributed by atoms with Crippen molar-refractivity contribution in [2.24, 2.45) is 0 Å². The summed E-state index contributed by atoms with van der Waals surface area (Å²) in [5.74, 6) is -0.818. The summed E-state index contributed by atoms with van der Waals surface area (Å²) in [6.45, 7) is 1.97. The Labute approximate surface area is 115 Å². The maximum absolute atomic E-state index is 13.0. The highest BCUT2D eigenvalue weighted by Gasteiger charge is 2.44. The van der Waals surface area contributed by atoms with Crippen molar-refractivity contribution in [2.45, 2.75) is 31.0 Å². The Kier molecular flexibility index (Phi) is 3.77. The highest BCUT2D eigenvalue weighted by atomic mass is 19.4. The molecule has 1 aliphatic heterocycles. The van der Waals surface area contributed by atoms with Crippen LogP contribution in [0.1, 0.15) is 30.4 Å². The molecule has 1 saturated heterocycles. The Morgan fingerprint density at radius 2 is 2.05 bits per heavy atom. The minimum absolute atomic E-state index is 0.222. The van der Waals surface area contributed by atoms with E-state index in [1.54, 1.807) is 13.0 Å². The highest BCUT2D eigenvalue weighted by molar-refractivity contribution is 5.81. The predicted molar refractivity (Wildman–Crippen MR) is 67.2 cm³/mol. The second-order valence-corrected chi connectivity index (χ2v) is 5.19. The zero-order valence-electron chi connectivity index (χ0n) is 11.3. The summed E-state index contributed by atoms with van der Waals surface area (Å²) < 4.78 is 43.7. The van der Waals surface area contributed by atoms with Gasteiger partial charge in [0.05, 0.1) is 12.7 Å². The van der Waals surface area contributed by atoms with Crippen molar-refractivity contribution in [2.75, 3.05) is 13.7 Å². The van der Waals surface area contributed by atoms with Gasteiger partial charge in [0.2, 0.25) is 0 Å². The maximum Gasteiger partial charge on any atom is 0.416 e. The maximum atomic E-state index is 13.0. The molecule has 1 aliphatic rings. The van der Waals surface area contributed by atoms with Gasteiger partial charge in [0, 0.05) is 6.54 Å². The van der Waals surface area contributed by atoms with Crippen molar-refractivity contribution in [3.05, 3.63) is 35.4 Å². The van der Waals surface area contributed by atoms with Crippen LogP contribution in [0.15, 0.2) is 24.3 Å². The van der Waals surface area contributed by atoms with E-state index in [1.807, 2.05) is 0 Å². The van der Waals surface area contributed by atoms with Crippen LogP contribution in [0.4, 0.5) is 13.2 Å². The van der Waals surface area contributed by atoms with Gasteiger partial charge in [-0.1, -0.05) is 18.2 Å². The monoisotopic (exact) mass is 287 g/mol. The molecule has 2 atom stereocenters. The first kappa shape index (κ1) is 14.8. The topological polar surface area (TPSA) is 38.3 Å². The van der Waals surface area contributed by atoms with Gasteiger partial charge in [-0.25, -0.2) is 0 Å². The van der Waals surface area contributed by atoms with Crippen molar-refractivity contribution in [3.8, 4) is 0 Å². The van der Waals surface area contributed by atoms with Crippen molar-refractivity contribution >= 4 is 5.97 Å². The number of carbonyl (C=O) groups excluding carboxylic acids is 1. The highest BCUT2D eigenvalue weighted by Crippen LogP contribution is 2.40. The molecule has 0 aromatic heterocycles. The van der Waals surface area contributed by atoms with Gasteiger partial charge >= 0.3 is 12.1 Å². The van der Waals surface area contributed by atoms with Crippen molar-refractivity contribution in [3.63, 3.8) is 0 Å². The van der Waals surface area contributed by atoms with Gasteiger partial charge in [0.1, 0.15) is 5.54 Å². The molecule has 0 bridgehead atoms. The van der Waals surface area contributed by atoms with E-state index >= 15 is 0 Å². The molecule has 3 nitrogen and oxygen atoms in total. The number of ether oxygens (including phenoxy) is 1. The van der Waals surface area contributed by atoms with Gasteiger partial charge in [-0.15, -0.1) is 0 Å². The number of nitrogens with one attached hydrogen (secondary N) is 1. The van der Waals surface area contributed by atoms with Gasteiger partial charge in [-0.2, -0.15) is 13.2 Å². The number of halogens is 3. The first-order chi connectivity index (χ1) is 9.28. The van der Waals surface area contributed by atoms with E-state index in [2.05, 4.69) is 5.32 Å². The normalized spacial score (nSPS) is 26.6. The zero-order chi connectivity index (χ0) is 15.0. The largest absolute Gasteiger partial charge is 0.468 e. The summed E-state index contributed by atoms with van der Waals surface area (Å²) >= 11 is 0. The number of rotatable bonds is 2. The van der Waals surface area contributed by atoms with Gasteiger partial charge in [0.15, 0.2) is 0 Å². The molecule has 1 fully saturated rings. The first-order valence-corrected chi connectivity index (χ1v) is 6.27. The minimum Gasteiger partial charge on any atom is -0.468 e. The fraction of sp³-hybridized carbons (Fsp3) is 0.500. The lowest BCUT2D eigenvalue weighted by Gasteiger charge is -2.21. The van der Waals surface area contributed by atoms with Crippen molar-refractivity contribution in [1.82, 2.24) is 5.32 Å². The summed E-state index contributed by atoms with van der Waals surface area (Å²) in [5.41, 5.74) is -1.35. The number of alkyl halides is 3. The summed E-state index contributed by atoms with van der Waals surface area (Å²) in [5, 5.41) is 2.97. The average Bonchev–Trinajstić information content (AvgIpc) is 2.81. The fourth-order valence-electron chi connectivity index (χ4n) is 2.70. The smallest absolute Gasteiger partial charge is 0.416 e. The Balaban J connectivity index is 2.30. The molecular weight excluding hydrogens is 271 g/mol. The molecule has 0 aliphatic carbocycles. The zero-order valence-corrected chi connectivity index (χ0v) is 11.3. The SMILES string of the molecule is COC(=O)C1(C)CC(c2ccccc2C(F)(F)F)CN1. The number of hydrogen-bond donors (Lipinski definition) is 1. The van der Waals surface area contributed by atoms with E-state index in [0.717, 1.165) is 6.07 Å². The van der Waals surface area contributed by atoms with E-state index in [-0.39, 0.29) is 17.9 Å². The lowest BCUT2D eigenvalue weighted by Crippen LogP contribution is -2.45. The van der Waals surface area contributed by atoms with Crippen LogP contribution >= 0.6 is 0 Å². The molecule has 0 saturated carbocycles. The fourth-order valence-corrected chi connectivity index (χ4v) is 2.70. The third kappa shape index (κ3) is 2.65. The number of esters is 1. The number of benzene rings is 1. The third-order valence-electron chi connectivity index (χ3n) is 3.74. The van der Waals surface area contributed by atoms with E-state index in [9.17, 15) is 18.0 Å². The molecule has 6 heteroatoms. The Hall–Kier alpha value is -1.56. The van der Waals surface area contributed by atoms with Gasteiger partial charge in [-0.3, -0.25) is 4.79 Å². The molecule has 2 rings (SSSR count). The van der Waals surface area contributed by atoms with Gasteiger partial charge < -0.3 is 10.1 Å². The Morgan fingerprint density at radius 1 is 1.40 bits per heavy atom. The second-order valence-electron chi connectivity index (χ2n) is 5.19. The van der Waals surface area contributed by atoms with Crippen molar-refractivity contribution < 1.29 is 22.7 Å². The van der Waals surface area contributed by atoms with Crippen LogP contribution in [0, 0.1) is 0 Å². The molecule has 1 aromatic carbocycles. The van der Waals surface area contributed by atoms with Crippen LogP contribution in [0.5, 0.6) is 0 Å². The van der Waals surface area contributed by atoms with E-state index in [0.29, 0.717) is 6.54 Å². The predicted octanol–water partition coefficient (Wildman–Crippen LogP) is 2.71. The van der Waals surface area contributed by atoms with Crippen LogP contribution in [0.2, 0.25) is 0 Å². The van der Waals surface area contributed by atoms with Crippen LogP contribution in [-0.4, -0.2) is 25.2 Å². The van der Waals surface area contributed by atoms with Crippen molar-refractivity contribution in [1.29, 1.82) is 0 Å². The molecule has 0 amide bonds. The molecule has 0 spiro atoms. The molecule has 0 radical (unpaired) electrons. The lowest BCUT2D eigenvalue weighted by atomic mass is 9.87. The molecule has 1 N–H and O–H groups in total. The first-order valence-electron chi connectivity index (χ1n) is 6.27. The number of methoxy groups -OCH3 is 1. The Bertz CT molecular complexity index is 515. The molecular formula is C14H16F3NO2. The summed E-state index contributed by atoms with van der Waals surface area (Å²) in [6, 6.07) is 5.49. The summed E-state index contributed by atoms with van der Waals surface area (Å²) in [7, 11) is 1.27. The standard InChI is InChI=1S/C14H16F3NO2/c1-13(12(19)20-2)7-9(8-18-13)10-5-3-4-6-11(10)14(15,16)17/h3-6,9,18H,7-8H2,1-2H3. The van der Waals surface area contributed by atoms with E-state index in [1.165, 1.54) is 19.2 Å². The lowest BCUT2D eigenvalue weighted by molar-refractivity contribution is -0.147. The van der Waals surface area contributed by atoms with Gasteiger partial charge in [-0.05, 0) is 30.9 Å². The molecule has 1 heterocycles. The second kappa shape index (κ2) is 5.09. The van der Waals surface area contributed by atoms with E-state index < -0.39 is 23.2 Å². The molecule has 20 heavy (non-hydrogen) atoms. The number of hydrogen-bond acceptors (Lipinski definition) is 3. The Morgan fingerprint density at radius 3 is 2.65 bits per heavy atom. The molecule has 110 valence electrons. The van der Waals surface area contributed by atoms with Crippen LogP contribution in [0.25, 0.3) is 0 Å².